The molecule has 0 aliphatic rings. The maximum absolute atomic E-state index is 13.9. The van der Waals surface area contributed by atoms with Crippen LogP contribution in [0.25, 0.3) is 33.2 Å². The quantitative estimate of drug-likeness (QED) is 0.403. The number of carboxylic acid groups (broad SMARTS) is 1. The van der Waals surface area contributed by atoms with Crippen LogP contribution in [0.5, 0.6) is 5.75 Å². The molecule has 0 fully saturated rings. The Labute approximate surface area is 195 Å². The first-order valence-corrected chi connectivity index (χ1v) is 11.9. The van der Waals surface area contributed by atoms with Gasteiger partial charge in [0.1, 0.15) is 5.75 Å². The van der Waals surface area contributed by atoms with E-state index < -0.39 is 16.0 Å². The lowest BCUT2D eigenvalue weighted by Gasteiger charge is -2.12. The Morgan fingerprint density at radius 1 is 1.03 bits per heavy atom. The van der Waals surface area contributed by atoms with E-state index in [-0.39, 0.29) is 21.5 Å². The van der Waals surface area contributed by atoms with E-state index >= 15 is 0 Å². The molecule has 0 bridgehead atoms. The van der Waals surface area contributed by atoms with Gasteiger partial charge in [0.15, 0.2) is 5.65 Å². The first-order valence-electron chi connectivity index (χ1n) is 10.4. The van der Waals surface area contributed by atoms with E-state index in [1.54, 1.807) is 25.3 Å². The van der Waals surface area contributed by atoms with Gasteiger partial charge in [-0.2, -0.15) is 0 Å². The third kappa shape index (κ3) is 3.24. The average molecular weight is 476 g/mol. The molecule has 0 spiro atoms. The van der Waals surface area contributed by atoms with Crippen LogP contribution in [0.1, 0.15) is 15.9 Å². The molecule has 3 aromatic heterocycles. The largest absolute Gasteiger partial charge is 0.497 e. The minimum atomic E-state index is -4.11. The fraction of sp³-hybridized carbons (Fsp3) is 0.120. The van der Waals surface area contributed by atoms with Gasteiger partial charge in [-0.05, 0) is 49.4 Å². The van der Waals surface area contributed by atoms with E-state index in [0.717, 1.165) is 20.4 Å². The van der Waals surface area contributed by atoms with Gasteiger partial charge in [-0.25, -0.2) is 22.2 Å². The number of carboxylic acids is 1. The van der Waals surface area contributed by atoms with Crippen molar-refractivity contribution in [2.45, 2.75) is 11.8 Å². The molecule has 0 unspecified atom stereocenters. The van der Waals surface area contributed by atoms with Crippen molar-refractivity contribution in [2.24, 2.45) is 7.05 Å². The third-order valence-electron chi connectivity index (χ3n) is 5.92. The van der Waals surface area contributed by atoms with Gasteiger partial charge in [0.2, 0.25) is 0 Å². The Hall–Kier alpha value is -4.11. The summed E-state index contributed by atoms with van der Waals surface area (Å²) in [7, 11) is -0.692. The van der Waals surface area contributed by atoms with Gasteiger partial charge in [-0.1, -0.05) is 17.7 Å². The molecule has 5 rings (SSSR count). The van der Waals surface area contributed by atoms with Gasteiger partial charge in [0.25, 0.3) is 10.0 Å². The van der Waals surface area contributed by atoms with E-state index in [9.17, 15) is 18.3 Å². The summed E-state index contributed by atoms with van der Waals surface area (Å²) < 4.78 is 36.2. The van der Waals surface area contributed by atoms with Crippen LogP contribution in [0.2, 0.25) is 0 Å². The predicted molar refractivity (Wildman–Crippen MR) is 129 cm³/mol. The molecular formula is C25H21N3O5S. The van der Waals surface area contributed by atoms with Crippen molar-refractivity contribution in [3.63, 3.8) is 0 Å². The van der Waals surface area contributed by atoms with Crippen LogP contribution in [-0.4, -0.2) is 40.1 Å². The second-order valence-corrected chi connectivity index (χ2v) is 9.84. The number of benzene rings is 2. The molecule has 8 nitrogen and oxygen atoms in total. The summed E-state index contributed by atoms with van der Waals surface area (Å²) in [5.74, 6) is -0.545. The van der Waals surface area contributed by atoms with E-state index in [1.165, 1.54) is 24.4 Å². The summed E-state index contributed by atoms with van der Waals surface area (Å²) in [6.07, 6.45) is 3.13. The smallest absolute Gasteiger partial charge is 0.336 e. The fourth-order valence-electron chi connectivity index (χ4n) is 4.21. The average Bonchev–Trinajstić information content (AvgIpc) is 3.37. The van der Waals surface area contributed by atoms with Crippen LogP contribution in [0.15, 0.2) is 71.9 Å². The molecule has 0 aliphatic heterocycles. The van der Waals surface area contributed by atoms with Crippen molar-refractivity contribution >= 4 is 37.9 Å². The van der Waals surface area contributed by atoms with Gasteiger partial charge in [-0.15, -0.1) is 0 Å². The molecular weight excluding hydrogens is 454 g/mol. The lowest BCUT2D eigenvalue weighted by atomic mass is 10.1. The number of aromatic nitrogens is 3. The lowest BCUT2D eigenvalue weighted by molar-refractivity contribution is 0.0699. The van der Waals surface area contributed by atoms with Gasteiger partial charge in [0.05, 0.1) is 23.3 Å². The summed E-state index contributed by atoms with van der Waals surface area (Å²) in [4.78, 5) is 16.3. The van der Waals surface area contributed by atoms with Crippen molar-refractivity contribution in [2.75, 3.05) is 7.11 Å². The van der Waals surface area contributed by atoms with Crippen molar-refractivity contribution in [3.8, 4) is 17.0 Å². The summed E-state index contributed by atoms with van der Waals surface area (Å²) in [5.41, 5.74) is 2.74. The molecule has 0 atom stereocenters. The highest BCUT2D eigenvalue weighted by molar-refractivity contribution is 7.90. The predicted octanol–water partition coefficient (Wildman–Crippen LogP) is 4.45. The lowest BCUT2D eigenvalue weighted by Crippen LogP contribution is -2.15. The standard InChI is InChI=1S/C25H21N3O5S/c1-15-4-7-17(8-5-15)34(31,32)28-23(13-20-18(25(29)30)10-11-26-24(20)28)21-14-27(2)22-9-6-16(33-3)12-19(21)22/h4-14H,1-3H3,(H,29,30). The molecule has 1 N–H and O–H groups in total. The summed E-state index contributed by atoms with van der Waals surface area (Å²) in [6.45, 7) is 1.87. The van der Waals surface area contributed by atoms with Crippen molar-refractivity contribution in [1.82, 2.24) is 13.5 Å². The number of methoxy groups -OCH3 is 1. The highest BCUT2D eigenvalue weighted by Crippen LogP contribution is 2.38. The number of nitrogens with zero attached hydrogens (tertiary/aromatic N) is 3. The highest BCUT2D eigenvalue weighted by atomic mass is 32.2. The Morgan fingerprint density at radius 3 is 2.44 bits per heavy atom. The molecule has 0 saturated heterocycles. The van der Waals surface area contributed by atoms with E-state index in [1.807, 2.05) is 42.9 Å². The number of aromatic carboxylic acids is 1. The van der Waals surface area contributed by atoms with Gasteiger partial charge in [0, 0.05) is 41.3 Å². The number of rotatable bonds is 5. The molecule has 0 amide bonds. The number of hydrogen-bond acceptors (Lipinski definition) is 5. The maximum Gasteiger partial charge on any atom is 0.336 e. The van der Waals surface area contributed by atoms with Gasteiger partial charge >= 0.3 is 5.97 Å². The Bertz CT molecular complexity index is 1700. The first kappa shape index (κ1) is 21.7. The molecule has 0 radical (unpaired) electrons. The number of aryl methyl sites for hydroxylation is 2. The van der Waals surface area contributed by atoms with Gasteiger partial charge in [-0.3, -0.25) is 0 Å². The fourth-order valence-corrected chi connectivity index (χ4v) is 5.68. The topological polar surface area (TPSA) is 103 Å². The van der Waals surface area contributed by atoms with Crippen molar-refractivity contribution in [3.05, 3.63) is 78.1 Å². The molecule has 34 heavy (non-hydrogen) atoms. The second-order valence-electron chi connectivity index (χ2n) is 8.05. The molecule has 9 heteroatoms. The first-order chi connectivity index (χ1) is 16.2. The monoisotopic (exact) mass is 475 g/mol. The van der Waals surface area contributed by atoms with Crippen molar-refractivity contribution < 1.29 is 23.1 Å². The molecule has 0 aliphatic carbocycles. The minimum Gasteiger partial charge on any atom is -0.497 e. The van der Waals surface area contributed by atoms with Crippen LogP contribution in [0.4, 0.5) is 0 Å². The minimum absolute atomic E-state index is 0.0260. The van der Waals surface area contributed by atoms with Crippen LogP contribution in [0, 0.1) is 6.92 Å². The SMILES string of the molecule is COc1ccc2c(c1)c(-c1cc3c(C(=O)O)ccnc3n1S(=O)(=O)c1ccc(C)cc1)cn2C. The van der Waals surface area contributed by atoms with E-state index in [2.05, 4.69) is 4.98 Å². The zero-order chi connectivity index (χ0) is 24.2. The number of fused-ring (bicyclic) bond motifs is 2. The Morgan fingerprint density at radius 2 is 1.76 bits per heavy atom. The summed E-state index contributed by atoms with van der Waals surface area (Å²) >= 11 is 0. The van der Waals surface area contributed by atoms with Crippen LogP contribution in [0.3, 0.4) is 0 Å². The normalized spacial score (nSPS) is 11.9. The zero-order valence-corrected chi connectivity index (χ0v) is 19.5. The maximum atomic E-state index is 13.9. The highest BCUT2D eigenvalue weighted by Gasteiger charge is 2.28. The van der Waals surface area contributed by atoms with E-state index in [4.69, 9.17) is 4.74 Å². The number of carbonyl (C=O) groups is 1. The molecule has 2 aromatic carbocycles. The van der Waals surface area contributed by atoms with Crippen molar-refractivity contribution in [1.29, 1.82) is 0 Å². The Balaban J connectivity index is 1.92. The third-order valence-corrected chi connectivity index (χ3v) is 7.64. The Kier molecular flexibility index (Phi) is 4.94. The van der Waals surface area contributed by atoms with E-state index in [0.29, 0.717) is 17.0 Å². The molecule has 0 saturated carbocycles. The second kappa shape index (κ2) is 7.74. The molecule has 5 aromatic rings. The number of hydrogen-bond donors (Lipinski definition) is 1. The number of ether oxygens (including phenoxy) is 1. The number of pyridine rings is 1. The van der Waals surface area contributed by atoms with Crippen LogP contribution in [-0.2, 0) is 17.1 Å². The van der Waals surface area contributed by atoms with Gasteiger partial charge < -0.3 is 14.4 Å². The van der Waals surface area contributed by atoms with Crippen LogP contribution >= 0.6 is 0 Å². The van der Waals surface area contributed by atoms with Crippen LogP contribution < -0.4 is 4.74 Å². The molecule has 3 heterocycles. The summed E-state index contributed by atoms with van der Waals surface area (Å²) in [5, 5.41) is 10.7. The zero-order valence-electron chi connectivity index (χ0n) is 18.7. The molecule has 172 valence electrons. The summed E-state index contributed by atoms with van der Waals surface area (Å²) in [6, 6.07) is 15.0.